The van der Waals surface area contributed by atoms with Crippen LogP contribution in [0.2, 0.25) is 0 Å². The van der Waals surface area contributed by atoms with Crippen LogP contribution in [0.25, 0.3) is 189 Å². The summed E-state index contributed by atoms with van der Waals surface area (Å²) in [7, 11) is 0. The molecule has 636 valence electrons. The number of nitriles is 2. The van der Waals surface area contributed by atoms with Crippen molar-refractivity contribution < 1.29 is 52.7 Å². The van der Waals surface area contributed by atoms with E-state index < -0.39 is 69.2 Å². The van der Waals surface area contributed by atoms with E-state index in [2.05, 4.69) is 52.4 Å². The van der Waals surface area contributed by atoms with Crippen LogP contribution in [0.15, 0.2) is 321 Å². The van der Waals surface area contributed by atoms with Gasteiger partial charge in [-0.2, -0.15) is 63.2 Å². The largest absolute Gasteiger partial charge is 0.417 e. The zero-order valence-electron chi connectivity index (χ0n) is 67.7. The Morgan fingerprint density at radius 2 is 0.682 bits per heavy atom. The number of rotatable bonds is 11. The number of aliphatic imine (C=N–C) groups is 2. The van der Waals surface area contributed by atoms with Gasteiger partial charge >= 0.3 is 24.7 Å². The van der Waals surface area contributed by atoms with Crippen LogP contribution in [0, 0.1) is 22.7 Å². The molecule has 0 fully saturated rings. The van der Waals surface area contributed by atoms with Crippen LogP contribution < -0.4 is 20.7 Å². The molecule has 10 heterocycles. The van der Waals surface area contributed by atoms with Crippen LogP contribution in [0.3, 0.4) is 0 Å². The Balaban J connectivity index is 0.734. The molecule has 18 nitrogen and oxygen atoms in total. The molecule has 0 bridgehead atoms. The first-order valence-corrected chi connectivity index (χ1v) is 40.8. The third-order valence-corrected chi connectivity index (χ3v) is 23.7. The lowest BCUT2D eigenvalue weighted by Gasteiger charge is -2.24. The summed E-state index contributed by atoms with van der Waals surface area (Å²) >= 11 is 0. The maximum atomic E-state index is 16.3. The van der Waals surface area contributed by atoms with Crippen molar-refractivity contribution >= 4 is 117 Å². The molecule has 0 atom stereocenters. The first kappa shape index (κ1) is 80.3. The normalized spacial score (nSPS) is 14.0. The van der Waals surface area contributed by atoms with E-state index in [1.807, 2.05) is 12.1 Å². The topological polar surface area (TPSA) is 210 Å². The number of hydrogen-bond donors (Lipinski definition) is 1. The summed E-state index contributed by atoms with van der Waals surface area (Å²) in [6.07, 6.45) is -1.13. The van der Waals surface area contributed by atoms with Crippen molar-refractivity contribution in [2.45, 2.75) is 24.7 Å². The molecule has 132 heavy (non-hydrogen) atoms. The molecule has 22 rings (SSSR count). The molecule has 20 aromatic rings. The average Bonchev–Trinajstić information content (AvgIpc) is 1.53. The number of alkyl halides is 12. The van der Waals surface area contributed by atoms with Crippen LogP contribution in [0.5, 0.6) is 0 Å². The maximum absolute atomic E-state index is 16.3. The minimum Gasteiger partial charge on any atom is -0.346 e. The molecule has 0 aliphatic carbocycles. The Labute approximate surface area is 736 Å². The minimum absolute atomic E-state index is 0.0254. The number of aromatic nitrogens is 12. The highest BCUT2D eigenvalue weighted by Gasteiger charge is 2.45. The molecule has 30 heteroatoms. The molecule has 2 aliphatic rings. The van der Waals surface area contributed by atoms with Crippen molar-refractivity contribution in [2.75, 3.05) is 4.90 Å². The lowest BCUT2D eigenvalue weighted by molar-refractivity contribution is -0.143. The number of allylic oxidation sites excluding steroid dienone is 2. The van der Waals surface area contributed by atoms with Gasteiger partial charge in [-0.25, -0.2) is 49.9 Å². The molecule has 2 aliphatic heterocycles. The molecule has 0 saturated carbocycles. The highest BCUT2D eigenvalue weighted by atomic mass is 19.4. The fourth-order valence-electron chi connectivity index (χ4n) is 18.2. The lowest BCUT2D eigenvalue weighted by atomic mass is 9.90. The van der Waals surface area contributed by atoms with E-state index in [4.69, 9.17) is 15.0 Å². The summed E-state index contributed by atoms with van der Waals surface area (Å²) in [6.45, 7) is 0. The summed E-state index contributed by atoms with van der Waals surface area (Å²) < 4.78 is 199. The molecule has 0 radical (unpaired) electrons. The van der Waals surface area contributed by atoms with Gasteiger partial charge in [-0.05, 0) is 158 Å². The Morgan fingerprint density at radius 1 is 0.303 bits per heavy atom. The number of fused-ring (bicyclic) bond motifs is 12. The highest BCUT2D eigenvalue weighted by Crippen LogP contribution is 2.53. The van der Waals surface area contributed by atoms with Gasteiger partial charge < -0.3 is 23.6 Å². The molecular formula is C102H54F12N18. The van der Waals surface area contributed by atoms with Gasteiger partial charge in [-0.1, -0.05) is 97.1 Å². The van der Waals surface area contributed by atoms with E-state index in [1.165, 1.54) is 70.6 Å². The number of benzene rings is 12. The first-order valence-electron chi connectivity index (χ1n) is 40.8. The van der Waals surface area contributed by atoms with Crippen molar-refractivity contribution in [3.05, 3.63) is 354 Å². The molecule has 12 aromatic carbocycles. The Hall–Kier alpha value is -17.5. The van der Waals surface area contributed by atoms with E-state index in [0.29, 0.717) is 157 Å². The summed E-state index contributed by atoms with van der Waals surface area (Å²) in [4.78, 5) is 47.8. The second-order valence-corrected chi connectivity index (χ2v) is 31.1. The number of nitrogens with one attached hydrogen (secondary N) is 1. The van der Waals surface area contributed by atoms with Gasteiger partial charge in [-0.15, -0.1) is 0 Å². The summed E-state index contributed by atoms with van der Waals surface area (Å²) in [5, 5.41) is 31.7. The van der Waals surface area contributed by atoms with Crippen LogP contribution in [-0.2, 0) is 24.7 Å². The first-order chi connectivity index (χ1) is 63.9. The van der Waals surface area contributed by atoms with Gasteiger partial charge in [0, 0.05) is 166 Å². The fourth-order valence-corrected chi connectivity index (χ4v) is 18.2. The van der Waals surface area contributed by atoms with E-state index in [1.54, 1.807) is 227 Å². The van der Waals surface area contributed by atoms with Crippen molar-refractivity contribution in [3.63, 3.8) is 0 Å². The van der Waals surface area contributed by atoms with E-state index in [-0.39, 0.29) is 74.0 Å². The summed E-state index contributed by atoms with van der Waals surface area (Å²) in [5.41, 5.74) is -6.34. The second-order valence-electron chi connectivity index (χ2n) is 31.1. The van der Waals surface area contributed by atoms with Crippen molar-refractivity contribution in [1.82, 2.24) is 63.5 Å². The predicted octanol–water partition coefficient (Wildman–Crippen LogP) is 23.5. The standard InChI is InChI=1S/C102H54F12N18/c103-99(104,105)74-14-5-15-75(100(106,107)108)91(74)72-52-82(129-78-18-3-1-12-64(78)70-44-56(24-30-80(70)129)93-117-33-7-34-118-93)62(54-115)50-88(72)130-79-19-4-2-13-65(79)71-45-57(25-31-81(71)130)97-125-42-32-90(127-97)128-43-11-41-126-98(128)61-23-29-69-66-26-20-58(94-119-35-8-36-120-94)46-84(66)131(87(69)49-61)83-53-73(92-76(101(109,110)111)16-6-17-77(92)102(112,113)114)89(51-63(83)55-116)132-85-47-59(95-121-37-9-38-122-95)21-27-67(85)68-28-22-60(48-86(68)132)96-123-39-10-40-124-96/h1-53,119H. The molecule has 1 N–H and O–H groups in total. The van der Waals surface area contributed by atoms with E-state index in [9.17, 15) is 10.5 Å². The second kappa shape index (κ2) is 30.6. The Kier molecular flexibility index (Phi) is 18.6. The molecule has 0 saturated heterocycles. The number of nitrogens with zero attached hydrogens (tertiary/aromatic N) is 17. The third-order valence-electron chi connectivity index (χ3n) is 23.7. The van der Waals surface area contributed by atoms with Gasteiger partial charge in [0.05, 0.1) is 100 Å². The van der Waals surface area contributed by atoms with Gasteiger partial charge in [0.1, 0.15) is 29.6 Å². The maximum Gasteiger partial charge on any atom is 0.417 e. The Bertz CT molecular complexity index is 8510. The monoisotopic (exact) mass is 1760 g/mol. The number of hydrogen-bond acceptors (Lipinski definition) is 14. The van der Waals surface area contributed by atoms with Crippen LogP contribution in [0.1, 0.15) is 33.4 Å². The van der Waals surface area contributed by atoms with Crippen molar-refractivity contribution in [1.29, 1.82) is 10.5 Å². The summed E-state index contributed by atoms with van der Waals surface area (Å²) in [6, 6.07) is 65.0. The minimum atomic E-state index is -5.43. The van der Waals surface area contributed by atoms with Crippen LogP contribution in [0.4, 0.5) is 58.5 Å². The lowest BCUT2D eigenvalue weighted by Crippen LogP contribution is -2.24. The zero-order valence-corrected chi connectivity index (χ0v) is 67.7. The fraction of sp³-hybridized carbons (Fsp3) is 0.0392. The summed E-state index contributed by atoms with van der Waals surface area (Å²) in [5.74, 6) is 1.83. The van der Waals surface area contributed by atoms with Crippen molar-refractivity contribution in [2.24, 2.45) is 9.98 Å². The SMILES string of the molecule is N#Cc1cc(-n2c3ccccc3c3cc(-c4nccc(N5C=CC=NC5=c5ccc6c7ccc(=C8N=CC=CN8)cc7n(-c7cc(-c8c(C(F)(F)F)cccc8C(F)(F)F)c(-n8c9cc(-c%10ncccn%10)ccc9c9ccc(-c%10ncccn%10)cc98)cc7C#N)c6c5)n4)ccc32)c(-c2c(C(F)(F)F)cccc2C(F)(F)F)cc1-n1c2ccccc2c2cc(-c3ncccn3)ccc21. The van der Waals surface area contributed by atoms with E-state index >= 15 is 52.7 Å². The number of anilines is 1. The predicted molar refractivity (Wildman–Crippen MR) is 482 cm³/mol. The average molecular weight is 1760 g/mol. The molecule has 0 spiro atoms. The third kappa shape index (κ3) is 13.4. The van der Waals surface area contributed by atoms with E-state index in [0.717, 1.165) is 0 Å². The van der Waals surface area contributed by atoms with Gasteiger partial charge in [-0.3, -0.25) is 4.90 Å². The number of halogens is 12. The zero-order chi connectivity index (χ0) is 90.4. The van der Waals surface area contributed by atoms with Gasteiger partial charge in [0.25, 0.3) is 0 Å². The van der Waals surface area contributed by atoms with Crippen LogP contribution >= 0.6 is 0 Å². The Morgan fingerprint density at radius 3 is 1.14 bits per heavy atom. The van der Waals surface area contributed by atoms with Crippen LogP contribution in [-0.4, -0.2) is 70.6 Å². The molecule has 8 aromatic heterocycles. The molecule has 0 unspecified atom stereocenters. The highest BCUT2D eigenvalue weighted by molar-refractivity contribution is 6.15. The quantitative estimate of drug-likeness (QED) is 0.120. The van der Waals surface area contributed by atoms with Gasteiger partial charge in [0.2, 0.25) is 0 Å². The van der Waals surface area contributed by atoms with Crippen molar-refractivity contribution in [3.8, 4) is 103 Å². The molecule has 0 amide bonds. The van der Waals surface area contributed by atoms with Gasteiger partial charge in [0.15, 0.2) is 23.3 Å². The number of para-hydroxylation sites is 2. The smallest absolute Gasteiger partial charge is 0.346 e. The molecular weight excluding hydrogens is 1710 g/mol.